The first-order chi connectivity index (χ1) is 9.91. The number of nitrogens with zero attached hydrogens (tertiary/aromatic N) is 1. The first kappa shape index (κ1) is 16.6. The lowest BCUT2D eigenvalue weighted by Crippen LogP contribution is -2.58. The first-order valence-electron chi connectivity index (χ1n) is 8.63. The quantitative estimate of drug-likeness (QED) is 0.863. The molecule has 1 amide bonds. The van der Waals surface area contributed by atoms with Crippen LogP contribution in [0.4, 0.5) is 4.79 Å². The van der Waals surface area contributed by atoms with Crippen LogP contribution in [0.2, 0.25) is 0 Å². The van der Waals surface area contributed by atoms with Crippen molar-refractivity contribution in [2.45, 2.75) is 83.3 Å². The molecule has 1 saturated heterocycles. The molecule has 1 N–H and O–H groups in total. The average Bonchev–Trinajstić information content (AvgIpc) is 2.45. The van der Waals surface area contributed by atoms with E-state index in [4.69, 9.17) is 4.74 Å². The van der Waals surface area contributed by atoms with Gasteiger partial charge in [0.15, 0.2) is 0 Å². The number of nitrogens with one attached hydrogen (secondary N) is 1. The number of piperidine rings is 1. The van der Waals surface area contributed by atoms with Gasteiger partial charge < -0.3 is 10.1 Å². The van der Waals surface area contributed by atoms with Crippen molar-refractivity contribution in [3.05, 3.63) is 0 Å². The second-order valence-corrected chi connectivity index (χ2v) is 7.69. The lowest BCUT2D eigenvalue weighted by molar-refractivity contribution is 0.0220. The summed E-state index contributed by atoms with van der Waals surface area (Å²) in [5, 5.41) is 3.04. The zero-order valence-corrected chi connectivity index (χ0v) is 14.0. The van der Waals surface area contributed by atoms with Crippen LogP contribution in [0, 0.1) is 0 Å². The van der Waals surface area contributed by atoms with Crippen LogP contribution in [-0.2, 0) is 4.74 Å². The number of hydrogen-bond donors (Lipinski definition) is 1. The molecule has 4 nitrogen and oxygen atoms in total. The van der Waals surface area contributed by atoms with E-state index in [0.717, 1.165) is 6.54 Å². The third-order valence-electron chi connectivity index (χ3n) is 4.77. The lowest BCUT2D eigenvalue weighted by Gasteiger charge is -2.48. The second-order valence-electron chi connectivity index (χ2n) is 7.69. The molecular weight excluding hydrogens is 264 g/mol. The van der Waals surface area contributed by atoms with E-state index >= 15 is 0 Å². The van der Waals surface area contributed by atoms with Gasteiger partial charge in [-0.05, 0) is 59.5 Å². The number of likely N-dealkylation sites (tertiary alicyclic amines) is 1. The van der Waals surface area contributed by atoms with Crippen LogP contribution in [-0.4, -0.2) is 41.8 Å². The van der Waals surface area contributed by atoms with E-state index in [9.17, 15) is 4.79 Å². The van der Waals surface area contributed by atoms with Gasteiger partial charge in [0, 0.05) is 12.1 Å². The highest BCUT2D eigenvalue weighted by molar-refractivity contribution is 5.67. The molecule has 1 heterocycles. The van der Waals surface area contributed by atoms with Crippen LogP contribution in [0.3, 0.4) is 0 Å². The third-order valence-corrected chi connectivity index (χ3v) is 4.77. The van der Waals surface area contributed by atoms with Gasteiger partial charge in [0.1, 0.15) is 5.60 Å². The number of ether oxygens (including phenoxy) is 1. The molecule has 4 heteroatoms. The summed E-state index contributed by atoms with van der Waals surface area (Å²) in [7, 11) is 0. The van der Waals surface area contributed by atoms with Gasteiger partial charge >= 0.3 is 6.09 Å². The predicted octanol–water partition coefficient (Wildman–Crippen LogP) is 3.70. The van der Waals surface area contributed by atoms with E-state index in [1.807, 2.05) is 20.8 Å². The van der Waals surface area contributed by atoms with E-state index in [2.05, 4.69) is 10.2 Å². The van der Waals surface area contributed by atoms with E-state index in [-0.39, 0.29) is 11.6 Å². The number of carbonyl (C=O) groups excluding carboxylic acids is 1. The maximum atomic E-state index is 12.0. The van der Waals surface area contributed by atoms with Gasteiger partial charge in [-0.2, -0.15) is 0 Å². The Kier molecular flexibility index (Phi) is 5.53. The van der Waals surface area contributed by atoms with Gasteiger partial charge in [-0.3, -0.25) is 4.90 Å². The predicted molar refractivity (Wildman–Crippen MR) is 85.5 cm³/mol. The molecule has 1 aliphatic heterocycles. The maximum Gasteiger partial charge on any atom is 0.407 e. The van der Waals surface area contributed by atoms with Gasteiger partial charge in [0.25, 0.3) is 0 Å². The summed E-state index contributed by atoms with van der Waals surface area (Å²) in [6.07, 6.45) is 10.0. The molecular formula is C17H32N2O2. The highest BCUT2D eigenvalue weighted by atomic mass is 16.6. The van der Waals surface area contributed by atoms with Crippen molar-refractivity contribution in [1.29, 1.82) is 0 Å². The zero-order valence-electron chi connectivity index (χ0n) is 14.0. The Morgan fingerprint density at radius 2 is 1.62 bits per heavy atom. The average molecular weight is 296 g/mol. The summed E-state index contributed by atoms with van der Waals surface area (Å²) in [6, 6.07) is 0. The molecule has 0 atom stereocenters. The smallest absolute Gasteiger partial charge is 0.407 e. The molecule has 0 bridgehead atoms. The van der Waals surface area contributed by atoms with Gasteiger partial charge in [0.2, 0.25) is 0 Å². The van der Waals surface area contributed by atoms with Gasteiger partial charge in [0.05, 0.1) is 0 Å². The number of amides is 1. The van der Waals surface area contributed by atoms with Crippen molar-refractivity contribution in [1.82, 2.24) is 10.2 Å². The molecule has 1 saturated carbocycles. The van der Waals surface area contributed by atoms with Crippen molar-refractivity contribution < 1.29 is 9.53 Å². The molecule has 0 aromatic rings. The van der Waals surface area contributed by atoms with Crippen molar-refractivity contribution in [3.63, 3.8) is 0 Å². The van der Waals surface area contributed by atoms with Crippen LogP contribution < -0.4 is 5.32 Å². The Labute approximate surface area is 129 Å². The fourth-order valence-electron chi connectivity index (χ4n) is 3.73. The van der Waals surface area contributed by atoms with Crippen molar-refractivity contribution in [2.75, 3.05) is 19.6 Å². The molecule has 0 spiro atoms. The highest BCUT2D eigenvalue weighted by Gasteiger charge is 2.38. The Morgan fingerprint density at radius 3 is 2.19 bits per heavy atom. The van der Waals surface area contributed by atoms with Gasteiger partial charge in [-0.1, -0.05) is 25.7 Å². The molecule has 0 unspecified atom stereocenters. The minimum Gasteiger partial charge on any atom is -0.444 e. The van der Waals surface area contributed by atoms with Gasteiger partial charge in [-0.25, -0.2) is 4.79 Å². The number of rotatable bonds is 3. The van der Waals surface area contributed by atoms with Crippen molar-refractivity contribution in [3.8, 4) is 0 Å². The van der Waals surface area contributed by atoms with E-state index in [0.29, 0.717) is 0 Å². The molecule has 0 aromatic heterocycles. The number of carbonyl (C=O) groups is 1. The first-order valence-corrected chi connectivity index (χ1v) is 8.63. The Morgan fingerprint density at radius 1 is 1.05 bits per heavy atom. The molecule has 2 fully saturated rings. The SMILES string of the molecule is CC(C)(C)OC(=O)NCC1(N2CCCCC2)CCCCC1. The van der Waals surface area contributed by atoms with E-state index in [1.165, 1.54) is 64.5 Å². The fourth-order valence-corrected chi connectivity index (χ4v) is 3.73. The fraction of sp³-hybridized carbons (Fsp3) is 0.941. The zero-order chi connectivity index (χ0) is 15.3. The molecule has 0 radical (unpaired) electrons. The van der Waals surface area contributed by atoms with Gasteiger partial charge in [-0.15, -0.1) is 0 Å². The Hall–Kier alpha value is -0.770. The van der Waals surface area contributed by atoms with Crippen LogP contribution in [0.5, 0.6) is 0 Å². The molecule has 0 aromatic carbocycles. The summed E-state index contributed by atoms with van der Waals surface area (Å²) in [4.78, 5) is 14.6. The third kappa shape index (κ3) is 4.87. The Bertz CT molecular complexity index is 337. The molecule has 21 heavy (non-hydrogen) atoms. The highest BCUT2D eigenvalue weighted by Crippen LogP contribution is 2.35. The second kappa shape index (κ2) is 6.99. The molecule has 2 aliphatic rings. The van der Waals surface area contributed by atoms with Crippen LogP contribution in [0.15, 0.2) is 0 Å². The van der Waals surface area contributed by atoms with Crippen LogP contribution in [0.1, 0.15) is 72.1 Å². The maximum absolute atomic E-state index is 12.0. The summed E-state index contributed by atoms with van der Waals surface area (Å²) < 4.78 is 5.39. The van der Waals surface area contributed by atoms with Crippen molar-refractivity contribution >= 4 is 6.09 Å². The largest absolute Gasteiger partial charge is 0.444 e. The standard InChI is InChI=1S/C17H32N2O2/c1-16(2,3)21-15(20)18-14-17(10-6-4-7-11-17)19-12-8-5-9-13-19/h4-14H2,1-3H3,(H,18,20). The number of hydrogen-bond acceptors (Lipinski definition) is 3. The monoisotopic (exact) mass is 296 g/mol. The van der Waals surface area contributed by atoms with Crippen molar-refractivity contribution in [2.24, 2.45) is 0 Å². The summed E-state index contributed by atoms with van der Waals surface area (Å²) in [5.41, 5.74) is -0.246. The van der Waals surface area contributed by atoms with Crippen LogP contribution in [0.25, 0.3) is 0 Å². The summed E-state index contributed by atoms with van der Waals surface area (Å²) in [6.45, 7) is 8.85. The van der Waals surface area contributed by atoms with Crippen LogP contribution >= 0.6 is 0 Å². The molecule has 122 valence electrons. The normalized spacial score (nSPS) is 23.6. The van der Waals surface area contributed by atoms with E-state index in [1.54, 1.807) is 0 Å². The topological polar surface area (TPSA) is 41.6 Å². The van der Waals surface area contributed by atoms with E-state index < -0.39 is 5.60 Å². The lowest BCUT2D eigenvalue weighted by atomic mass is 9.79. The summed E-state index contributed by atoms with van der Waals surface area (Å²) >= 11 is 0. The Balaban J connectivity index is 1.94. The molecule has 1 aliphatic carbocycles. The minimum absolute atomic E-state index is 0.176. The number of alkyl carbamates (subject to hydrolysis) is 1. The molecule has 2 rings (SSSR count). The minimum atomic E-state index is -0.422. The summed E-state index contributed by atoms with van der Waals surface area (Å²) in [5.74, 6) is 0.